The summed E-state index contributed by atoms with van der Waals surface area (Å²) in [5.41, 5.74) is 0.760. The normalized spacial score (nSPS) is 13.4. The quantitative estimate of drug-likeness (QED) is 0.666. The van der Waals surface area contributed by atoms with E-state index in [4.69, 9.17) is 14.2 Å². The number of hydrogen-bond donors (Lipinski definition) is 1. The van der Waals surface area contributed by atoms with Crippen molar-refractivity contribution in [2.75, 3.05) is 13.2 Å². The Bertz CT molecular complexity index is 627. The minimum Gasteiger partial charge on any atom is -0.491 e. The summed E-state index contributed by atoms with van der Waals surface area (Å²) in [6.45, 7) is 4.17. The van der Waals surface area contributed by atoms with Crippen LogP contribution in [0.2, 0.25) is 0 Å². The first-order valence-electron chi connectivity index (χ1n) is 8.30. The Morgan fingerprint density at radius 3 is 2.12 bits per heavy atom. The Kier molecular flexibility index (Phi) is 7.44. The zero-order valence-electron chi connectivity index (χ0n) is 14.5. The van der Waals surface area contributed by atoms with Crippen LogP contribution in [0.1, 0.15) is 25.5 Å². The van der Waals surface area contributed by atoms with Gasteiger partial charge >= 0.3 is 5.97 Å². The number of hydrogen-bond acceptors (Lipinski definition) is 4. The molecule has 0 aromatic heterocycles. The van der Waals surface area contributed by atoms with E-state index in [-0.39, 0.29) is 12.7 Å². The summed E-state index contributed by atoms with van der Waals surface area (Å²) in [6.07, 6.45) is -2.02. The van der Waals surface area contributed by atoms with Crippen molar-refractivity contribution in [2.45, 2.75) is 32.2 Å². The van der Waals surface area contributed by atoms with Crippen molar-refractivity contribution in [3.63, 3.8) is 0 Å². The van der Waals surface area contributed by atoms with E-state index in [0.717, 1.165) is 11.3 Å². The molecule has 2 rings (SSSR count). The molecule has 0 fully saturated rings. The number of ether oxygens (including phenoxy) is 3. The number of carboxylic acids is 1. The predicted octanol–water partition coefficient (Wildman–Crippen LogP) is 3.70. The molecule has 0 heterocycles. The molecule has 0 radical (unpaired) electrons. The summed E-state index contributed by atoms with van der Waals surface area (Å²) in [5, 5.41) is 9.55. The molecule has 0 aliphatic rings. The second-order valence-electron chi connectivity index (χ2n) is 5.81. The molecule has 2 aromatic rings. The maximum absolute atomic E-state index is 11.7. The van der Waals surface area contributed by atoms with Gasteiger partial charge in [-0.3, -0.25) is 0 Å². The highest BCUT2D eigenvalue weighted by atomic mass is 16.6. The first-order chi connectivity index (χ1) is 12.1. The monoisotopic (exact) mass is 344 g/mol. The van der Waals surface area contributed by atoms with E-state index in [2.05, 4.69) is 0 Å². The third kappa shape index (κ3) is 6.21. The van der Waals surface area contributed by atoms with Gasteiger partial charge in [0.25, 0.3) is 0 Å². The van der Waals surface area contributed by atoms with Gasteiger partial charge in [-0.05, 0) is 31.5 Å². The average Bonchev–Trinajstić information content (AvgIpc) is 2.61. The third-order valence-electron chi connectivity index (χ3n) is 3.46. The van der Waals surface area contributed by atoms with E-state index in [1.165, 1.54) is 0 Å². The highest BCUT2D eigenvalue weighted by Crippen LogP contribution is 2.25. The van der Waals surface area contributed by atoms with Crippen LogP contribution in [-0.4, -0.2) is 36.5 Å². The van der Waals surface area contributed by atoms with E-state index in [1.54, 1.807) is 13.8 Å². The lowest BCUT2D eigenvalue weighted by atomic mass is 10.0. The van der Waals surface area contributed by atoms with Crippen molar-refractivity contribution >= 4 is 5.97 Å². The van der Waals surface area contributed by atoms with Gasteiger partial charge in [0.15, 0.2) is 6.10 Å². The zero-order valence-corrected chi connectivity index (χ0v) is 14.5. The van der Waals surface area contributed by atoms with Crippen molar-refractivity contribution in [1.29, 1.82) is 0 Å². The molecule has 0 amide bonds. The topological polar surface area (TPSA) is 65.0 Å². The van der Waals surface area contributed by atoms with E-state index in [0.29, 0.717) is 6.61 Å². The van der Waals surface area contributed by atoms with Crippen molar-refractivity contribution in [3.05, 3.63) is 66.2 Å². The van der Waals surface area contributed by atoms with Gasteiger partial charge in [-0.15, -0.1) is 0 Å². The average molecular weight is 344 g/mol. The van der Waals surface area contributed by atoms with Gasteiger partial charge < -0.3 is 19.3 Å². The van der Waals surface area contributed by atoms with E-state index < -0.39 is 18.2 Å². The maximum Gasteiger partial charge on any atom is 0.335 e. The molecule has 0 aliphatic heterocycles. The fourth-order valence-corrected chi connectivity index (χ4v) is 2.40. The second kappa shape index (κ2) is 9.81. The fourth-order valence-electron chi connectivity index (χ4n) is 2.40. The third-order valence-corrected chi connectivity index (χ3v) is 3.46. The highest BCUT2D eigenvalue weighted by molar-refractivity contribution is 5.73. The molecular formula is C20H24O5. The maximum atomic E-state index is 11.7. The Morgan fingerprint density at radius 2 is 1.56 bits per heavy atom. The number of carbonyl (C=O) groups is 1. The van der Waals surface area contributed by atoms with Crippen LogP contribution in [0.4, 0.5) is 0 Å². The highest BCUT2D eigenvalue weighted by Gasteiger charge is 2.32. The first kappa shape index (κ1) is 19.0. The zero-order chi connectivity index (χ0) is 18.1. The van der Waals surface area contributed by atoms with Gasteiger partial charge in [-0.1, -0.05) is 48.5 Å². The molecule has 1 N–H and O–H groups in total. The van der Waals surface area contributed by atoms with E-state index in [1.807, 2.05) is 60.7 Å². The lowest BCUT2D eigenvalue weighted by molar-refractivity contribution is -0.168. The minimum absolute atomic E-state index is 0.225. The van der Waals surface area contributed by atoms with Gasteiger partial charge in [-0.25, -0.2) is 4.79 Å². The van der Waals surface area contributed by atoms with E-state index >= 15 is 0 Å². The summed E-state index contributed by atoms with van der Waals surface area (Å²) in [6, 6.07) is 18.6. The van der Waals surface area contributed by atoms with Crippen LogP contribution in [0.15, 0.2) is 60.7 Å². The minimum atomic E-state index is -1.08. The van der Waals surface area contributed by atoms with Crippen LogP contribution < -0.4 is 4.74 Å². The van der Waals surface area contributed by atoms with Gasteiger partial charge in [0, 0.05) is 0 Å². The van der Waals surface area contributed by atoms with Crippen LogP contribution >= 0.6 is 0 Å². The number of para-hydroxylation sites is 1. The lowest BCUT2D eigenvalue weighted by Crippen LogP contribution is -2.35. The van der Waals surface area contributed by atoms with Crippen LogP contribution in [0.25, 0.3) is 0 Å². The Labute approximate surface area is 148 Å². The molecule has 0 aliphatic carbocycles. The van der Waals surface area contributed by atoms with Crippen molar-refractivity contribution < 1.29 is 24.1 Å². The molecule has 0 saturated carbocycles. The molecule has 2 atom stereocenters. The summed E-state index contributed by atoms with van der Waals surface area (Å²) in [4.78, 5) is 11.7. The second-order valence-corrected chi connectivity index (χ2v) is 5.81. The van der Waals surface area contributed by atoms with Gasteiger partial charge in [0.05, 0.1) is 12.7 Å². The lowest BCUT2D eigenvalue weighted by Gasteiger charge is -2.26. The number of rotatable bonds is 10. The molecule has 5 nitrogen and oxygen atoms in total. The first-order valence-corrected chi connectivity index (χ1v) is 8.30. The van der Waals surface area contributed by atoms with Crippen molar-refractivity contribution in [1.82, 2.24) is 0 Å². The number of carboxylic acid groups (broad SMARTS) is 1. The Morgan fingerprint density at radius 1 is 0.960 bits per heavy atom. The molecule has 0 spiro atoms. The predicted molar refractivity (Wildman–Crippen MR) is 94.7 cm³/mol. The van der Waals surface area contributed by atoms with Crippen molar-refractivity contribution in [2.24, 2.45) is 0 Å². The van der Waals surface area contributed by atoms with Crippen LogP contribution in [0.3, 0.4) is 0 Å². The summed E-state index contributed by atoms with van der Waals surface area (Å²) in [7, 11) is 0. The summed E-state index contributed by atoms with van der Waals surface area (Å²) < 4.78 is 17.0. The van der Waals surface area contributed by atoms with Crippen molar-refractivity contribution in [3.8, 4) is 5.75 Å². The summed E-state index contributed by atoms with van der Waals surface area (Å²) in [5.74, 6) is -0.304. The Balaban J connectivity index is 2.02. The van der Waals surface area contributed by atoms with Gasteiger partial charge in [-0.2, -0.15) is 0 Å². The van der Waals surface area contributed by atoms with Crippen LogP contribution in [0.5, 0.6) is 5.75 Å². The van der Waals surface area contributed by atoms with Gasteiger partial charge in [0.2, 0.25) is 0 Å². The van der Waals surface area contributed by atoms with Gasteiger partial charge in [0.1, 0.15) is 18.5 Å². The molecule has 134 valence electrons. The largest absolute Gasteiger partial charge is 0.491 e. The molecule has 0 bridgehead atoms. The smallest absolute Gasteiger partial charge is 0.335 e. The molecule has 2 unspecified atom stereocenters. The fraction of sp³-hybridized carbons (Fsp3) is 0.350. The Hall–Kier alpha value is -2.37. The number of benzene rings is 2. The summed E-state index contributed by atoms with van der Waals surface area (Å²) >= 11 is 0. The molecular weight excluding hydrogens is 320 g/mol. The van der Waals surface area contributed by atoms with Crippen LogP contribution in [-0.2, 0) is 14.3 Å². The molecule has 25 heavy (non-hydrogen) atoms. The molecule has 2 aromatic carbocycles. The van der Waals surface area contributed by atoms with Crippen LogP contribution in [0, 0.1) is 0 Å². The SMILES string of the molecule is CC(C)OC(C(=O)O)C(OCCOc1ccccc1)c1ccccc1. The number of aliphatic carboxylic acids is 1. The van der Waals surface area contributed by atoms with E-state index in [9.17, 15) is 9.90 Å². The standard InChI is InChI=1S/C20H24O5/c1-15(2)25-19(20(21)22)18(16-9-5-3-6-10-16)24-14-13-23-17-11-7-4-8-12-17/h3-12,15,18-19H,13-14H2,1-2H3,(H,21,22). The molecule has 5 heteroatoms. The molecule has 0 saturated heterocycles.